The molecule has 0 atom stereocenters. The van der Waals surface area contributed by atoms with Crippen molar-refractivity contribution in [3.63, 3.8) is 0 Å². The second-order valence-corrected chi connectivity index (χ2v) is 8.46. The van der Waals surface area contributed by atoms with Crippen LogP contribution in [-0.4, -0.2) is 18.0 Å². The van der Waals surface area contributed by atoms with Crippen LogP contribution < -0.4 is 10.6 Å². The van der Waals surface area contributed by atoms with Crippen molar-refractivity contribution >= 4 is 33.0 Å². The van der Waals surface area contributed by atoms with Crippen LogP contribution in [0.3, 0.4) is 0 Å². The fourth-order valence-electron chi connectivity index (χ4n) is 3.79. The zero-order valence-corrected chi connectivity index (χ0v) is 16.4. The lowest BCUT2D eigenvalue weighted by Gasteiger charge is -2.30. The van der Waals surface area contributed by atoms with Crippen molar-refractivity contribution in [1.29, 1.82) is 0 Å². The Morgan fingerprint density at radius 1 is 1.00 bits per heavy atom. The first-order chi connectivity index (χ1) is 14.0. The van der Waals surface area contributed by atoms with E-state index in [1.807, 2.05) is 18.2 Å². The Hall–Kier alpha value is -2.54. The second kappa shape index (κ2) is 8.45. The highest BCUT2D eigenvalue weighted by Crippen LogP contribution is 2.37. The van der Waals surface area contributed by atoms with Crippen LogP contribution in [-0.2, 0) is 0 Å². The van der Waals surface area contributed by atoms with Crippen LogP contribution >= 0.6 is 11.3 Å². The van der Waals surface area contributed by atoms with Gasteiger partial charge in [-0.1, -0.05) is 6.07 Å². The van der Waals surface area contributed by atoms with Gasteiger partial charge in [0.25, 0.3) is 12.3 Å². The highest BCUT2D eigenvalue weighted by molar-refractivity contribution is 7.19. The number of thiophene rings is 1. The second-order valence-electron chi connectivity index (χ2n) is 7.34. The minimum Gasteiger partial charge on any atom is -0.382 e. The van der Waals surface area contributed by atoms with Crippen molar-refractivity contribution in [2.45, 2.75) is 44.2 Å². The molecule has 0 aliphatic heterocycles. The summed E-state index contributed by atoms with van der Waals surface area (Å²) in [4.78, 5) is 12.4. The summed E-state index contributed by atoms with van der Waals surface area (Å²) >= 11 is 1.13. The SMILES string of the molecule is O=C(N[C@H]1CC[C@@H](Nc2cccc3sc(C(F)F)cc23)CC1)c1ccc(F)cc1. The Kier molecular flexibility index (Phi) is 5.76. The van der Waals surface area contributed by atoms with Gasteiger partial charge in [-0.2, -0.15) is 0 Å². The molecule has 1 aliphatic carbocycles. The van der Waals surface area contributed by atoms with Crippen molar-refractivity contribution in [3.05, 3.63) is 64.8 Å². The Balaban J connectivity index is 1.35. The zero-order chi connectivity index (χ0) is 20.4. The van der Waals surface area contributed by atoms with Crippen molar-refractivity contribution < 1.29 is 18.0 Å². The summed E-state index contributed by atoms with van der Waals surface area (Å²) in [5.41, 5.74) is 1.33. The number of anilines is 1. The maximum absolute atomic E-state index is 13.0. The molecule has 0 spiro atoms. The predicted molar refractivity (Wildman–Crippen MR) is 110 cm³/mol. The van der Waals surface area contributed by atoms with Crippen LogP contribution in [0.1, 0.15) is 47.3 Å². The molecule has 1 saturated carbocycles. The van der Waals surface area contributed by atoms with Crippen molar-refractivity contribution in [2.24, 2.45) is 0 Å². The topological polar surface area (TPSA) is 41.1 Å². The minimum absolute atomic E-state index is 0.0768. The molecule has 1 aliphatic rings. The van der Waals surface area contributed by atoms with Gasteiger partial charge >= 0.3 is 0 Å². The first-order valence-electron chi connectivity index (χ1n) is 9.63. The van der Waals surface area contributed by atoms with Crippen molar-refractivity contribution in [3.8, 4) is 0 Å². The number of halogens is 3. The number of rotatable bonds is 5. The largest absolute Gasteiger partial charge is 0.382 e. The number of carbonyl (C=O) groups excluding carboxylic acids is 1. The van der Waals surface area contributed by atoms with E-state index in [0.29, 0.717) is 5.56 Å². The number of alkyl halides is 2. The maximum Gasteiger partial charge on any atom is 0.272 e. The average Bonchev–Trinajstić information content (AvgIpc) is 3.16. The zero-order valence-electron chi connectivity index (χ0n) is 15.6. The number of carbonyl (C=O) groups is 1. The number of amides is 1. The molecule has 4 rings (SSSR count). The first-order valence-corrected chi connectivity index (χ1v) is 10.4. The molecule has 0 unspecified atom stereocenters. The summed E-state index contributed by atoms with van der Waals surface area (Å²) in [6.07, 6.45) is 0.937. The molecule has 1 heterocycles. The van der Waals surface area contributed by atoms with Gasteiger partial charge in [-0.15, -0.1) is 11.3 Å². The summed E-state index contributed by atoms with van der Waals surface area (Å²) in [6, 6.07) is 13.1. The molecule has 0 bridgehead atoms. The number of fused-ring (bicyclic) bond motifs is 1. The number of hydrogen-bond acceptors (Lipinski definition) is 3. The average molecular weight is 418 g/mol. The molecule has 2 aromatic carbocycles. The van der Waals surface area contributed by atoms with Gasteiger partial charge in [0.1, 0.15) is 5.82 Å². The Labute approximate surface area is 170 Å². The molecule has 3 nitrogen and oxygen atoms in total. The molecule has 7 heteroatoms. The highest BCUT2D eigenvalue weighted by Gasteiger charge is 2.23. The van der Waals surface area contributed by atoms with E-state index >= 15 is 0 Å². The molecule has 0 saturated heterocycles. The molecule has 29 heavy (non-hydrogen) atoms. The summed E-state index contributed by atoms with van der Waals surface area (Å²) in [5.74, 6) is -0.557. The Morgan fingerprint density at radius 2 is 1.69 bits per heavy atom. The van der Waals surface area contributed by atoms with Gasteiger partial charge in [-0.25, -0.2) is 13.2 Å². The molecule has 1 amide bonds. The van der Waals surface area contributed by atoms with E-state index in [1.165, 1.54) is 24.3 Å². The van der Waals surface area contributed by atoms with Crippen molar-refractivity contribution in [1.82, 2.24) is 5.32 Å². The van der Waals surface area contributed by atoms with Gasteiger partial charge in [-0.05, 0) is 68.1 Å². The third-order valence-corrected chi connectivity index (χ3v) is 6.43. The normalized spacial score (nSPS) is 19.4. The molecular formula is C22H21F3N2OS. The van der Waals surface area contributed by atoms with Crippen LogP contribution in [0.25, 0.3) is 10.1 Å². The lowest BCUT2D eigenvalue weighted by molar-refractivity contribution is 0.0926. The lowest BCUT2D eigenvalue weighted by atomic mass is 9.90. The predicted octanol–water partition coefficient (Wildman–Crippen LogP) is 6.13. The molecule has 1 fully saturated rings. The third-order valence-electron chi connectivity index (χ3n) is 5.32. The van der Waals surface area contributed by atoms with Gasteiger partial charge in [-0.3, -0.25) is 4.79 Å². The lowest BCUT2D eigenvalue weighted by Crippen LogP contribution is -2.40. The smallest absolute Gasteiger partial charge is 0.272 e. The molecule has 2 N–H and O–H groups in total. The maximum atomic E-state index is 13.0. The van der Waals surface area contributed by atoms with E-state index in [1.54, 1.807) is 6.07 Å². The van der Waals surface area contributed by atoms with E-state index in [0.717, 1.165) is 52.8 Å². The Morgan fingerprint density at radius 3 is 2.38 bits per heavy atom. The van der Waals surface area contributed by atoms with E-state index in [2.05, 4.69) is 10.6 Å². The molecular weight excluding hydrogens is 397 g/mol. The van der Waals surface area contributed by atoms with Gasteiger partial charge in [0, 0.05) is 33.4 Å². The molecule has 3 aromatic rings. The van der Waals surface area contributed by atoms with Gasteiger partial charge in [0.15, 0.2) is 0 Å². The van der Waals surface area contributed by atoms with Gasteiger partial charge in [0.2, 0.25) is 0 Å². The Bertz CT molecular complexity index is 995. The van der Waals surface area contributed by atoms with E-state index in [-0.39, 0.29) is 28.7 Å². The van der Waals surface area contributed by atoms with E-state index in [9.17, 15) is 18.0 Å². The number of benzene rings is 2. The summed E-state index contributed by atoms with van der Waals surface area (Å²) in [5, 5.41) is 7.34. The molecule has 0 radical (unpaired) electrons. The van der Waals surface area contributed by atoms with Crippen LogP contribution in [0.4, 0.5) is 18.9 Å². The van der Waals surface area contributed by atoms with Crippen molar-refractivity contribution in [2.75, 3.05) is 5.32 Å². The van der Waals surface area contributed by atoms with E-state index < -0.39 is 6.43 Å². The minimum atomic E-state index is -2.46. The summed E-state index contributed by atoms with van der Waals surface area (Å²) < 4.78 is 39.9. The van der Waals surface area contributed by atoms with E-state index in [4.69, 9.17) is 0 Å². The van der Waals surface area contributed by atoms with Crippen LogP contribution in [0.5, 0.6) is 0 Å². The van der Waals surface area contributed by atoms with Gasteiger partial charge < -0.3 is 10.6 Å². The number of nitrogens with one attached hydrogen (secondary N) is 2. The van der Waals surface area contributed by atoms with Crippen LogP contribution in [0, 0.1) is 5.82 Å². The standard InChI is InChI=1S/C22H21F3N2OS/c23-14-6-4-13(5-7-14)22(28)27-16-10-8-15(9-11-16)26-18-2-1-3-19-17(18)12-20(29-19)21(24)25/h1-7,12,15-16,21,26H,8-11H2,(H,27,28)/t15-,16+. The third kappa shape index (κ3) is 4.56. The fourth-order valence-corrected chi connectivity index (χ4v) is 4.73. The highest BCUT2D eigenvalue weighted by atomic mass is 32.1. The quantitative estimate of drug-likeness (QED) is 0.523. The summed E-state index contributed by atoms with van der Waals surface area (Å²) in [7, 11) is 0. The monoisotopic (exact) mass is 418 g/mol. The summed E-state index contributed by atoms with van der Waals surface area (Å²) in [6.45, 7) is 0. The van der Waals surface area contributed by atoms with Crippen LogP contribution in [0.15, 0.2) is 48.5 Å². The molecule has 1 aromatic heterocycles. The fraction of sp³-hybridized carbons (Fsp3) is 0.318. The number of hydrogen-bond donors (Lipinski definition) is 2. The van der Waals surface area contributed by atoms with Gasteiger partial charge in [0.05, 0.1) is 4.88 Å². The molecule has 152 valence electrons. The van der Waals surface area contributed by atoms with Crippen LogP contribution in [0.2, 0.25) is 0 Å². The first kappa shape index (κ1) is 19.8.